The smallest absolute Gasteiger partial charge is 0.186 e. The fourth-order valence-corrected chi connectivity index (χ4v) is 2.29. The maximum Gasteiger partial charge on any atom is 0.186 e. The van der Waals surface area contributed by atoms with Crippen molar-refractivity contribution in [3.63, 3.8) is 0 Å². The number of hydrazone groups is 1. The van der Waals surface area contributed by atoms with E-state index < -0.39 is 0 Å². The minimum absolute atomic E-state index is 0.152. The summed E-state index contributed by atoms with van der Waals surface area (Å²) < 4.78 is 5.29. The van der Waals surface area contributed by atoms with Crippen LogP contribution in [0, 0.1) is 0 Å². The first-order chi connectivity index (χ1) is 8.25. The number of anilines is 1. The largest absolute Gasteiger partial charge is 0.378 e. The molecular weight excluding hydrogens is 258 g/mol. The topological polar surface area (TPSA) is 75.8 Å². The van der Waals surface area contributed by atoms with Crippen LogP contribution in [0.15, 0.2) is 11.3 Å². The number of rotatable bonds is 3. The van der Waals surface area contributed by atoms with Gasteiger partial charge in [0.15, 0.2) is 10.2 Å². The summed E-state index contributed by atoms with van der Waals surface area (Å²) in [6.07, 6.45) is 3.43. The molecule has 92 valence electrons. The number of aromatic nitrogens is 1. The predicted octanol–water partition coefficient (Wildman–Crippen LogP) is 0.147. The lowest BCUT2D eigenvalue weighted by atomic mass is 10.5. The number of nitrogens with one attached hydrogen (secondary N) is 1. The third-order valence-electron chi connectivity index (χ3n) is 2.16. The van der Waals surface area contributed by atoms with E-state index in [9.17, 15) is 0 Å². The van der Waals surface area contributed by atoms with Gasteiger partial charge < -0.3 is 15.4 Å². The Kier molecular flexibility index (Phi) is 4.24. The van der Waals surface area contributed by atoms with Crippen LogP contribution < -0.4 is 16.1 Å². The maximum absolute atomic E-state index is 5.29. The molecule has 0 amide bonds. The van der Waals surface area contributed by atoms with Crippen molar-refractivity contribution >= 4 is 40.0 Å². The highest BCUT2D eigenvalue weighted by Crippen LogP contribution is 2.21. The average Bonchev–Trinajstić information content (AvgIpc) is 2.78. The van der Waals surface area contributed by atoms with Crippen LogP contribution in [0.3, 0.4) is 0 Å². The van der Waals surface area contributed by atoms with Crippen LogP contribution in [0.2, 0.25) is 0 Å². The van der Waals surface area contributed by atoms with E-state index >= 15 is 0 Å². The molecule has 1 aromatic heterocycles. The molecule has 1 saturated heterocycles. The highest BCUT2D eigenvalue weighted by atomic mass is 32.1. The zero-order chi connectivity index (χ0) is 12.1. The highest BCUT2D eigenvalue weighted by Gasteiger charge is 2.13. The molecule has 0 radical (unpaired) electrons. The summed E-state index contributed by atoms with van der Waals surface area (Å²) in [6, 6.07) is 0. The number of thiazole rings is 1. The fraction of sp³-hybridized carbons (Fsp3) is 0.444. The summed E-state index contributed by atoms with van der Waals surface area (Å²) in [4.78, 5) is 7.50. The zero-order valence-electron chi connectivity index (χ0n) is 9.13. The van der Waals surface area contributed by atoms with Crippen LogP contribution in [0.25, 0.3) is 0 Å². The molecule has 2 heterocycles. The van der Waals surface area contributed by atoms with Gasteiger partial charge >= 0.3 is 0 Å². The second-order valence-electron chi connectivity index (χ2n) is 3.38. The predicted molar refractivity (Wildman–Crippen MR) is 72.7 cm³/mol. The summed E-state index contributed by atoms with van der Waals surface area (Å²) in [6.45, 7) is 3.28. The van der Waals surface area contributed by atoms with Crippen LogP contribution in [0.1, 0.15) is 4.88 Å². The number of hydrogen-bond donors (Lipinski definition) is 2. The van der Waals surface area contributed by atoms with Crippen molar-refractivity contribution in [3.8, 4) is 0 Å². The molecule has 2 rings (SSSR count). The molecule has 1 aliphatic heterocycles. The van der Waals surface area contributed by atoms with Crippen LogP contribution in [-0.2, 0) is 4.74 Å². The molecule has 0 bridgehead atoms. The summed E-state index contributed by atoms with van der Waals surface area (Å²) >= 11 is 6.21. The van der Waals surface area contributed by atoms with Crippen molar-refractivity contribution in [1.29, 1.82) is 0 Å². The van der Waals surface area contributed by atoms with Gasteiger partial charge in [-0.05, 0) is 12.2 Å². The van der Waals surface area contributed by atoms with Crippen LogP contribution in [0.5, 0.6) is 0 Å². The van der Waals surface area contributed by atoms with Gasteiger partial charge in [0.25, 0.3) is 0 Å². The Morgan fingerprint density at radius 3 is 3.12 bits per heavy atom. The van der Waals surface area contributed by atoms with E-state index in [4.69, 9.17) is 10.5 Å². The molecular formula is C9H13N5OS2. The minimum Gasteiger partial charge on any atom is -0.378 e. The molecule has 0 unspecified atom stereocenters. The molecule has 1 aliphatic rings. The Labute approximate surface area is 108 Å². The molecule has 17 heavy (non-hydrogen) atoms. The third-order valence-corrected chi connectivity index (χ3v) is 3.24. The second-order valence-corrected chi connectivity index (χ2v) is 4.86. The monoisotopic (exact) mass is 271 g/mol. The summed E-state index contributed by atoms with van der Waals surface area (Å²) in [5.74, 6) is 0. The third kappa shape index (κ3) is 3.62. The molecule has 1 aromatic rings. The lowest BCUT2D eigenvalue weighted by Crippen LogP contribution is -2.36. The Morgan fingerprint density at radius 1 is 1.65 bits per heavy atom. The zero-order valence-corrected chi connectivity index (χ0v) is 10.8. The van der Waals surface area contributed by atoms with Gasteiger partial charge in [0.2, 0.25) is 0 Å². The van der Waals surface area contributed by atoms with Crippen molar-refractivity contribution in [2.24, 2.45) is 10.8 Å². The first-order valence-electron chi connectivity index (χ1n) is 5.13. The van der Waals surface area contributed by atoms with Gasteiger partial charge in [-0.15, -0.1) is 0 Å². The van der Waals surface area contributed by atoms with E-state index in [1.165, 1.54) is 0 Å². The number of ether oxygens (including phenoxy) is 1. The summed E-state index contributed by atoms with van der Waals surface area (Å²) in [5.41, 5.74) is 7.76. The summed E-state index contributed by atoms with van der Waals surface area (Å²) in [7, 11) is 0. The van der Waals surface area contributed by atoms with Gasteiger partial charge in [0.1, 0.15) is 0 Å². The molecule has 0 aliphatic carbocycles. The number of thiocarbonyl (C=S) groups is 1. The van der Waals surface area contributed by atoms with Crippen molar-refractivity contribution in [1.82, 2.24) is 10.4 Å². The van der Waals surface area contributed by atoms with Crippen LogP contribution in [-0.4, -0.2) is 42.6 Å². The Morgan fingerprint density at radius 2 is 2.41 bits per heavy atom. The van der Waals surface area contributed by atoms with Crippen LogP contribution >= 0.6 is 23.6 Å². The molecule has 1 fully saturated rings. The molecule has 0 saturated carbocycles. The first kappa shape index (κ1) is 12.2. The SMILES string of the molecule is NC(=S)N/N=C/c1cnc(N2CCOCC2)s1. The number of nitrogens with zero attached hydrogens (tertiary/aromatic N) is 3. The number of nitrogens with two attached hydrogens (primary N) is 1. The molecule has 8 heteroatoms. The molecule has 3 N–H and O–H groups in total. The van der Waals surface area contributed by atoms with Crippen molar-refractivity contribution in [2.75, 3.05) is 31.2 Å². The molecule has 0 aromatic carbocycles. The minimum atomic E-state index is 0.152. The van der Waals surface area contributed by atoms with Gasteiger partial charge in [-0.1, -0.05) is 11.3 Å². The van der Waals surface area contributed by atoms with Gasteiger partial charge in [0, 0.05) is 19.3 Å². The van der Waals surface area contributed by atoms with Crippen molar-refractivity contribution in [2.45, 2.75) is 0 Å². The van der Waals surface area contributed by atoms with E-state index in [-0.39, 0.29) is 5.11 Å². The van der Waals surface area contributed by atoms with Gasteiger partial charge in [-0.2, -0.15) is 5.10 Å². The normalized spacial score (nSPS) is 16.4. The van der Waals surface area contributed by atoms with Crippen molar-refractivity contribution in [3.05, 3.63) is 11.1 Å². The fourth-order valence-electron chi connectivity index (χ4n) is 1.40. The lowest BCUT2D eigenvalue weighted by molar-refractivity contribution is 0.122. The Bertz CT molecular complexity index is 413. The van der Waals surface area contributed by atoms with E-state index in [0.29, 0.717) is 0 Å². The van der Waals surface area contributed by atoms with Crippen molar-refractivity contribution < 1.29 is 4.74 Å². The van der Waals surface area contributed by atoms with Gasteiger partial charge in [0.05, 0.1) is 24.3 Å². The van der Waals surface area contributed by atoms with E-state index in [2.05, 4.69) is 32.6 Å². The molecule has 6 nitrogen and oxygen atoms in total. The van der Waals surface area contributed by atoms with Crippen LogP contribution in [0.4, 0.5) is 5.13 Å². The standard InChI is InChI=1S/C9H13N5OS2/c10-8(16)13-12-6-7-5-11-9(17-7)14-1-3-15-4-2-14/h5-6H,1-4H2,(H3,10,13,16)/b12-6+. The van der Waals surface area contributed by atoms with E-state index in [1.54, 1.807) is 23.7 Å². The number of morpholine rings is 1. The number of hydrogen-bond acceptors (Lipinski definition) is 6. The van der Waals surface area contributed by atoms with Gasteiger partial charge in [-0.3, -0.25) is 5.43 Å². The first-order valence-corrected chi connectivity index (χ1v) is 6.35. The van der Waals surface area contributed by atoms with E-state index in [0.717, 1.165) is 36.3 Å². The lowest BCUT2D eigenvalue weighted by Gasteiger charge is -2.25. The Balaban J connectivity index is 1.95. The molecule has 0 atom stereocenters. The second kappa shape index (κ2) is 5.89. The average molecular weight is 271 g/mol. The molecule has 0 spiro atoms. The summed E-state index contributed by atoms with van der Waals surface area (Å²) in [5, 5.41) is 5.03. The van der Waals surface area contributed by atoms with Gasteiger partial charge in [-0.25, -0.2) is 4.98 Å². The maximum atomic E-state index is 5.29. The highest BCUT2D eigenvalue weighted by molar-refractivity contribution is 7.80. The van der Waals surface area contributed by atoms with E-state index in [1.807, 2.05) is 0 Å². The quantitative estimate of drug-likeness (QED) is 0.463. The Hall–Kier alpha value is -1.25.